The first-order valence-corrected chi connectivity index (χ1v) is 5.07. The van der Waals surface area contributed by atoms with Crippen molar-refractivity contribution in [1.82, 2.24) is 0 Å². The summed E-state index contributed by atoms with van der Waals surface area (Å²) in [5.74, 6) is 4.64. The smallest absolute Gasteiger partial charge is 0.342 e. The zero-order valence-electron chi connectivity index (χ0n) is 9.77. The predicted molar refractivity (Wildman–Crippen MR) is 60.3 cm³/mol. The number of esters is 1. The Hall–Kier alpha value is -1.39. The molecule has 1 atom stereocenters. The first-order chi connectivity index (χ1) is 7.44. The summed E-state index contributed by atoms with van der Waals surface area (Å²) < 4.78 is 5.20. The molecule has 1 unspecified atom stereocenters. The van der Waals surface area contributed by atoms with E-state index in [0.29, 0.717) is 5.56 Å². The maximum Gasteiger partial charge on any atom is 0.342 e. The van der Waals surface area contributed by atoms with Crippen molar-refractivity contribution in [2.45, 2.75) is 32.5 Å². The molecular weight excluding hydrogens is 206 g/mol. The van der Waals surface area contributed by atoms with Crippen molar-refractivity contribution < 1.29 is 14.4 Å². The van der Waals surface area contributed by atoms with E-state index in [1.807, 2.05) is 18.2 Å². The van der Waals surface area contributed by atoms with E-state index in [4.69, 9.17) is 10.6 Å². The topological polar surface area (TPSA) is 61.5 Å². The van der Waals surface area contributed by atoms with Gasteiger partial charge in [-0.05, 0) is 26.3 Å². The quantitative estimate of drug-likeness (QED) is 0.628. The van der Waals surface area contributed by atoms with Gasteiger partial charge in [-0.25, -0.2) is 10.7 Å². The molecule has 16 heavy (non-hydrogen) atoms. The highest BCUT2D eigenvalue weighted by molar-refractivity contribution is 5.76. The number of benzene rings is 1. The summed E-state index contributed by atoms with van der Waals surface area (Å²) in [6.07, 6.45) is -0.875. The molecule has 4 nitrogen and oxygen atoms in total. The third-order valence-electron chi connectivity index (χ3n) is 1.86. The minimum Gasteiger partial charge on any atom is -0.458 e. The Bertz CT molecular complexity index is 343. The Labute approximate surface area is 95.3 Å². The van der Waals surface area contributed by atoms with E-state index in [1.54, 1.807) is 32.9 Å². The first kappa shape index (κ1) is 12.7. The number of carbonyl (C=O) groups is 1. The van der Waals surface area contributed by atoms with Crippen LogP contribution in [0.25, 0.3) is 0 Å². The minimum absolute atomic E-state index is 0.485. The van der Waals surface area contributed by atoms with Gasteiger partial charge in [0, 0.05) is 0 Å². The third-order valence-corrected chi connectivity index (χ3v) is 1.86. The molecule has 88 valence electrons. The van der Waals surface area contributed by atoms with Gasteiger partial charge in [0.05, 0.1) is 0 Å². The number of ether oxygens (including phenoxy) is 1. The van der Waals surface area contributed by atoms with E-state index in [1.165, 1.54) is 0 Å². The highest BCUT2D eigenvalue weighted by Gasteiger charge is 2.26. The Balaban J connectivity index is 2.80. The summed E-state index contributed by atoms with van der Waals surface area (Å²) in [7, 11) is 0. The van der Waals surface area contributed by atoms with E-state index >= 15 is 0 Å². The molecule has 0 saturated heterocycles. The van der Waals surface area contributed by atoms with Gasteiger partial charge in [-0.1, -0.05) is 30.3 Å². The maximum absolute atomic E-state index is 11.8. The van der Waals surface area contributed by atoms with Crippen molar-refractivity contribution in [3.63, 3.8) is 0 Å². The predicted octanol–water partition coefficient (Wildman–Crippen LogP) is 1.96. The van der Waals surface area contributed by atoms with E-state index in [2.05, 4.69) is 4.84 Å². The molecular formula is C12H17NO3. The molecule has 0 spiro atoms. The second-order valence-electron chi connectivity index (χ2n) is 4.46. The van der Waals surface area contributed by atoms with Gasteiger partial charge in [-0.2, -0.15) is 0 Å². The molecule has 0 fully saturated rings. The molecule has 1 aromatic rings. The minimum atomic E-state index is -0.875. The Morgan fingerprint density at radius 2 is 1.81 bits per heavy atom. The van der Waals surface area contributed by atoms with Crippen LogP contribution in [0.3, 0.4) is 0 Å². The number of hydrogen-bond donors (Lipinski definition) is 1. The van der Waals surface area contributed by atoms with E-state index < -0.39 is 17.7 Å². The molecule has 0 bridgehead atoms. The van der Waals surface area contributed by atoms with Crippen LogP contribution in [0.2, 0.25) is 0 Å². The lowest BCUT2D eigenvalue weighted by Crippen LogP contribution is -2.30. The fourth-order valence-corrected chi connectivity index (χ4v) is 1.25. The normalized spacial score (nSPS) is 13.2. The van der Waals surface area contributed by atoms with E-state index in [-0.39, 0.29) is 0 Å². The van der Waals surface area contributed by atoms with Crippen molar-refractivity contribution in [1.29, 1.82) is 0 Å². The maximum atomic E-state index is 11.8. The number of rotatable bonds is 3. The molecule has 0 aliphatic heterocycles. The van der Waals surface area contributed by atoms with Crippen LogP contribution in [0.4, 0.5) is 0 Å². The van der Waals surface area contributed by atoms with Crippen LogP contribution >= 0.6 is 0 Å². The SMILES string of the molecule is CC(C)(C)OC(=O)C(ON)c1ccccc1. The number of carbonyl (C=O) groups excluding carboxylic acids is 1. The lowest BCUT2D eigenvalue weighted by molar-refractivity contribution is -0.169. The van der Waals surface area contributed by atoms with Gasteiger partial charge in [-0.3, -0.25) is 4.84 Å². The van der Waals surface area contributed by atoms with Crippen LogP contribution in [0.15, 0.2) is 30.3 Å². The molecule has 2 N–H and O–H groups in total. The Kier molecular flexibility index (Phi) is 4.04. The summed E-state index contributed by atoms with van der Waals surface area (Å²) in [5, 5.41) is 0. The van der Waals surface area contributed by atoms with Crippen LogP contribution in [-0.2, 0) is 14.4 Å². The van der Waals surface area contributed by atoms with Gasteiger partial charge in [-0.15, -0.1) is 0 Å². The van der Waals surface area contributed by atoms with Crippen molar-refractivity contribution >= 4 is 5.97 Å². The molecule has 1 rings (SSSR count). The lowest BCUT2D eigenvalue weighted by Gasteiger charge is -2.22. The van der Waals surface area contributed by atoms with Crippen LogP contribution < -0.4 is 5.90 Å². The molecule has 4 heteroatoms. The largest absolute Gasteiger partial charge is 0.458 e. The highest BCUT2D eigenvalue weighted by atomic mass is 16.7. The summed E-state index contributed by atoms with van der Waals surface area (Å²) in [4.78, 5) is 16.4. The van der Waals surface area contributed by atoms with Crippen molar-refractivity contribution in [3.05, 3.63) is 35.9 Å². The van der Waals surface area contributed by atoms with Crippen molar-refractivity contribution in [2.75, 3.05) is 0 Å². The van der Waals surface area contributed by atoms with E-state index in [0.717, 1.165) is 0 Å². The molecule has 0 heterocycles. The molecule has 0 aromatic heterocycles. The average molecular weight is 223 g/mol. The molecule has 0 aliphatic carbocycles. The van der Waals surface area contributed by atoms with Gasteiger partial charge < -0.3 is 4.74 Å². The van der Waals surface area contributed by atoms with Gasteiger partial charge in [0.25, 0.3) is 0 Å². The van der Waals surface area contributed by atoms with Crippen molar-refractivity contribution in [3.8, 4) is 0 Å². The van der Waals surface area contributed by atoms with Crippen LogP contribution in [0.1, 0.15) is 32.4 Å². The summed E-state index contributed by atoms with van der Waals surface area (Å²) in [6, 6.07) is 9.01. The van der Waals surface area contributed by atoms with E-state index in [9.17, 15) is 4.79 Å². The number of hydrogen-bond acceptors (Lipinski definition) is 4. The monoisotopic (exact) mass is 223 g/mol. The lowest BCUT2D eigenvalue weighted by atomic mass is 10.1. The average Bonchev–Trinajstić information content (AvgIpc) is 2.17. The Morgan fingerprint density at radius 3 is 2.25 bits per heavy atom. The zero-order chi connectivity index (χ0) is 12.2. The van der Waals surface area contributed by atoms with Gasteiger partial charge in [0.1, 0.15) is 5.60 Å². The molecule has 0 amide bonds. The molecule has 0 radical (unpaired) electrons. The summed E-state index contributed by atoms with van der Waals surface area (Å²) >= 11 is 0. The fourth-order valence-electron chi connectivity index (χ4n) is 1.25. The molecule has 0 aliphatic rings. The second-order valence-corrected chi connectivity index (χ2v) is 4.46. The second kappa shape index (κ2) is 5.09. The summed E-state index contributed by atoms with van der Waals surface area (Å²) in [6.45, 7) is 5.39. The number of nitrogens with two attached hydrogens (primary N) is 1. The van der Waals surface area contributed by atoms with Gasteiger partial charge in [0.15, 0.2) is 0 Å². The van der Waals surface area contributed by atoms with Crippen LogP contribution in [-0.4, -0.2) is 11.6 Å². The third kappa shape index (κ3) is 3.64. The molecule has 1 aromatic carbocycles. The Morgan fingerprint density at radius 1 is 1.25 bits per heavy atom. The zero-order valence-corrected chi connectivity index (χ0v) is 9.77. The highest BCUT2D eigenvalue weighted by Crippen LogP contribution is 2.20. The fraction of sp³-hybridized carbons (Fsp3) is 0.417. The standard InChI is InChI=1S/C12H17NO3/c1-12(2,3)15-11(14)10(16-13)9-7-5-4-6-8-9/h4-8,10H,13H2,1-3H3. The van der Waals surface area contributed by atoms with Gasteiger partial charge >= 0.3 is 5.97 Å². The van der Waals surface area contributed by atoms with Crippen molar-refractivity contribution in [2.24, 2.45) is 5.90 Å². The first-order valence-electron chi connectivity index (χ1n) is 5.07. The summed E-state index contributed by atoms with van der Waals surface area (Å²) in [5.41, 5.74) is 0.127. The van der Waals surface area contributed by atoms with Crippen LogP contribution in [0, 0.1) is 0 Å². The van der Waals surface area contributed by atoms with Crippen LogP contribution in [0.5, 0.6) is 0 Å². The molecule has 0 saturated carbocycles. The van der Waals surface area contributed by atoms with Gasteiger partial charge in [0.2, 0.25) is 6.10 Å².